The molecule has 0 aliphatic carbocycles. The summed E-state index contributed by atoms with van der Waals surface area (Å²) in [6, 6.07) is 7.09. The zero-order chi connectivity index (χ0) is 30.5. The number of carboxylic acid groups (broad SMARTS) is 1. The van der Waals surface area contributed by atoms with Crippen LogP contribution >= 0.6 is 0 Å². The first-order valence-corrected chi connectivity index (χ1v) is 12.9. The molecule has 2 aliphatic heterocycles. The lowest BCUT2D eigenvalue weighted by Gasteiger charge is -2.40. The van der Waals surface area contributed by atoms with Crippen molar-refractivity contribution in [1.82, 2.24) is 9.88 Å². The van der Waals surface area contributed by atoms with Crippen molar-refractivity contribution in [3.63, 3.8) is 0 Å². The van der Waals surface area contributed by atoms with E-state index in [-0.39, 0.29) is 30.7 Å². The molecule has 1 unspecified atom stereocenters. The molecular formula is C27H36N4O10. The minimum absolute atomic E-state index is 0.145. The largest absolute Gasteiger partial charge is 0.493 e. The van der Waals surface area contributed by atoms with Crippen LogP contribution in [0.1, 0.15) is 41.3 Å². The number of methoxy groups -OCH3 is 1. The van der Waals surface area contributed by atoms with Gasteiger partial charge >= 0.3 is 5.97 Å². The number of nitrogens with zero attached hydrogens (tertiary/aromatic N) is 4. The number of likely N-dealkylation sites (tertiary alicyclic amines) is 1. The molecule has 0 bridgehead atoms. The molecule has 4 atom stereocenters. The van der Waals surface area contributed by atoms with Gasteiger partial charge in [0.05, 0.1) is 32.9 Å². The first kappa shape index (κ1) is 31.5. The van der Waals surface area contributed by atoms with Gasteiger partial charge in [-0.15, -0.1) is 4.91 Å². The lowest BCUT2D eigenvalue weighted by molar-refractivity contribution is -0.141. The van der Waals surface area contributed by atoms with E-state index < -0.39 is 36.1 Å². The minimum atomic E-state index is -1.51. The SMILES string of the molecule is COc1ccc([C@@H]2CN(C(=O)C(O)CO)C[C@@]2(C)[C@@H](C)O)cc1OC1CN(c2ncc(C)cc2C(=O)O)C1.O=NO. The van der Waals surface area contributed by atoms with Crippen LogP contribution in [0, 0.1) is 17.2 Å². The van der Waals surface area contributed by atoms with Crippen LogP contribution in [-0.2, 0) is 4.79 Å². The average molecular weight is 577 g/mol. The Morgan fingerprint density at radius 2 is 1.85 bits per heavy atom. The Labute approximate surface area is 236 Å². The van der Waals surface area contributed by atoms with E-state index in [0.29, 0.717) is 30.4 Å². The maximum atomic E-state index is 12.6. The van der Waals surface area contributed by atoms with E-state index >= 15 is 0 Å². The molecule has 5 N–H and O–H groups in total. The van der Waals surface area contributed by atoms with E-state index in [1.165, 1.54) is 17.3 Å². The van der Waals surface area contributed by atoms with Gasteiger partial charge in [-0.05, 0) is 43.2 Å². The molecule has 41 heavy (non-hydrogen) atoms. The Morgan fingerprint density at radius 3 is 2.41 bits per heavy atom. The third kappa shape index (κ3) is 6.66. The fourth-order valence-electron chi connectivity index (χ4n) is 5.22. The molecule has 224 valence electrons. The Hall–Kier alpha value is -4.01. The Bertz CT molecular complexity index is 1250. The van der Waals surface area contributed by atoms with Crippen LogP contribution in [0.15, 0.2) is 35.8 Å². The molecule has 2 saturated heterocycles. The fraction of sp³-hybridized carbons (Fsp3) is 0.519. The predicted molar refractivity (Wildman–Crippen MR) is 145 cm³/mol. The summed E-state index contributed by atoms with van der Waals surface area (Å²) in [5, 5.41) is 47.2. The summed E-state index contributed by atoms with van der Waals surface area (Å²) in [6.45, 7) is 6.07. The lowest BCUT2D eigenvalue weighted by atomic mass is 9.72. The van der Waals surface area contributed by atoms with Gasteiger partial charge in [-0.1, -0.05) is 13.0 Å². The molecule has 4 rings (SSSR count). The molecule has 14 nitrogen and oxygen atoms in total. The summed E-state index contributed by atoms with van der Waals surface area (Å²) in [6.07, 6.45) is -0.855. The van der Waals surface area contributed by atoms with Crippen LogP contribution in [0.5, 0.6) is 11.5 Å². The zero-order valence-corrected chi connectivity index (χ0v) is 23.3. The highest BCUT2D eigenvalue weighted by molar-refractivity contribution is 5.93. The van der Waals surface area contributed by atoms with Crippen LogP contribution in [0.2, 0.25) is 0 Å². The van der Waals surface area contributed by atoms with Gasteiger partial charge in [0, 0.05) is 30.6 Å². The van der Waals surface area contributed by atoms with Gasteiger partial charge in [0.2, 0.25) is 0 Å². The smallest absolute Gasteiger partial charge is 0.339 e. The van der Waals surface area contributed by atoms with E-state index in [2.05, 4.69) is 4.98 Å². The summed E-state index contributed by atoms with van der Waals surface area (Å²) in [5.41, 5.74) is 1.05. The Morgan fingerprint density at radius 1 is 1.20 bits per heavy atom. The number of anilines is 1. The molecular weight excluding hydrogens is 540 g/mol. The highest BCUT2D eigenvalue weighted by atomic mass is 16.6. The molecule has 3 heterocycles. The number of hydrogen-bond donors (Lipinski definition) is 5. The topological polar surface area (TPSA) is 203 Å². The Balaban J connectivity index is 0.00000147. The number of aromatic nitrogens is 1. The molecule has 1 aromatic heterocycles. The van der Waals surface area contributed by atoms with Gasteiger partial charge in [0.1, 0.15) is 17.5 Å². The summed E-state index contributed by atoms with van der Waals surface area (Å²) in [7, 11) is 1.54. The first-order chi connectivity index (χ1) is 19.4. The van der Waals surface area contributed by atoms with E-state index in [9.17, 15) is 30.0 Å². The van der Waals surface area contributed by atoms with Gasteiger partial charge in [0.25, 0.3) is 5.91 Å². The van der Waals surface area contributed by atoms with Crippen LogP contribution in [0.3, 0.4) is 0 Å². The number of hydrogen-bond acceptors (Lipinski definition) is 11. The number of aromatic carboxylic acids is 1. The van der Waals surface area contributed by atoms with Gasteiger partial charge in [0.15, 0.2) is 22.9 Å². The van der Waals surface area contributed by atoms with Crippen LogP contribution < -0.4 is 14.4 Å². The van der Waals surface area contributed by atoms with Crippen molar-refractivity contribution in [2.75, 3.05) is 44.8 Å². The number of aryl methyl sites for hydroxylation is 1. The lowest BCUT2D eigenvalue weighted by Crippen LogP contribution is -2.54. The normalized spacial score (nSPS) is 21.7. The number of benzene rings is 1. The molecule has 14 heteroatoms. The quantitative estimate of drug-likeness (QED) is 0.211. The van der Waals surface area contributed by atoms with Gasteiger partial charge in [-0.3, -0.25) is 4.79 Å². The summed E-state index contributed by atoms with van der Waals surface area (Å²) >= 11 is 0. The second-order valence-corrected chi connectivity index (χ2v) is 10.5. The molecule has 2 aromatic rings. The minimum Gasteiger partial charge on any atom is -0.493 e. The molecule has 1 aromatic carbocycles. The van der Waals surface area contributed by atoms with Crippen LogP contribution in [0.25, 0.3) is 0 Å². The van der Waals surface area contributed by atoms with E-state index in [0.717, 1.165) is 11.1 Å². The van der Waals surface area contributed by atoms with Crippen LogP contribution in [0.4, 0.5) is 5.82 Å². The number of amides is 1. The van der Waals surface area contributed by atoms with E-state index in [4.69, 9.17) is 19.6 Å². The Kier molecular flexibility index (Phi) is 10.1. The second kappa shape index (κ2) is 13.1. The van der Waals surface area contributed by atoms with Crippen molar-refractivity contribution < 1.29 is 44.7 Å². The number of carbonyl (C=O) groups is 2. The van der Waals surface area contributed by atoms with Crippen molar-refractivity contribution in [3.05, 3.63) is 52.1 Å². The maximum Gasteiger partial charge on any atom is 0.339 e. The second-order valence-electron chi connectivity index (χ2n) is 10.5. The van der Waals surface area contributed by atoms with Crippen molar-refractivity contribution >= 4 is 17.7 Å². The number of pyridine rings is 1. The standard InChI is InChI=1S/C27H35N3O8.HNO2/c1-15-7-19(26(35)36)24(28-9-15)29-10-18(11-29)38-23-8-17(5-6-22(23)37-4)20-12-30(25(34)21(33)13-31)14-27(20,3)16(2)32;2-1-3/h5-9,16,18,20-21,31-33H,10-14H2,1-4H3,(H,35,36);(H,2,3)/t16-,20+,21?,27+;/m1./s1. The summed E-state index contributed by atoms with van der Waals surface area (Å²) in [5.74, 6) is -0.459. The zero-order valence-electron chi connectivity index (χ0n) is 23.3. The molecule has 0 spiro atoms. The van der Waals surface area contributed by atoms with Gasteiger partial charge in [-0.2, -0.15) is 0 Å². The number of rotatable bonds is 9. The highest BCUT2D eigenvalue weighted by Gasteiger charge is 2.49. The molecule has 1 amide bonds. The monoisotopic (exact) mass is 576 g/mol. The van der Waals surface area contributed by atoms with Crippen molar-refractivity contribution in [1.29, 1.82) is 0 Å². The van der Waals surface area contributed by atoms with E-state index in [1.54, 1.807) is 32.2 Å². The first-order valence-electron chi connectivity index (χ1n) is 12.9. The predicted octanol–water partition coefficient (Wildman–Crippen LogP) is 1.17. The van der Waals surface area contributed by atoms with Crippen molar-refractivity contribution in [2.45, 2.75) is 45.0 Å². The van der Waals surface area contributed by atoms with Crippen molar-refractivity contribution in [3.8, 4) is 11.5 Å². The van der Waals surface area contributed by atoms with Crippen LogP contribution in [-0.4, -0.2) is 106 Å². The molecule has 0 radical (unpaired) electrons. The third-order valence-corrected chi connectivity index (χ3v) is 7.72. The van der Waals surface area contributed by atoms with Gasteiger partial charge < -0.3 is 44.9 Å². The number of carboxylic acids is 1. The number of ether oxygens (including phenoxy) is 2. The summed E-state index contributed by atoms with van der Waals surface area (Å²) < 4.78 is 11.8. The number of carbonyl (C=O) groups excluding carboxylic acids is 1. The molecule has 2 fully saturated rings. The highest BCUT2D eigenvalue weighted by Crippen LogP contribution is 2.47. The van der Waals surface area contributed by atoms with E-state index in [1.807, 2.05) is 24.0 Å². The number of aliphatic hydroxyl groups is 3. The molecule has 0 saturated carbocycles. The fourth-order valence-corrected chi connectivity index (χ4v) is 5.22. The molecule has 2 aliphatic rings. The summed E-state index contributed by atoms with van der Waals surface area (Å²) in [4.78, 5) is 40.0. The van der Waals surface area contributed by atoms with Crippen molar-refractivity contribution in [2.24, 2.45) is 10.8 Å². The third-order valence-electron chi connectivity index (χ3n) is 7.72. The number of aliphatic hydroxyl groups excluding tert-OH is 3. The maximum absolute atomic E-state index is 12.6. The van der Waals surface area contributed by atoms with Gasteiger partial charge in [-0.25, -0.2) is 9.78 Å². The average Bonchev–Trinajstić information content (AvgIpc) is 3.28.